The first-order valence-electron chi connectivity index (χ1n) is 9.11. The molecule has 1 N–H and O–H groups in total. The summed E-state index contributed by atoms with van der Waals surface area (Å²) in [5.41, 5.74) is 5.69. The van der Waals surface area contributed by atoms with Crippen LogP contribution in [0.5, 0.6) is 11.5 Å². The molecule has 0 aliphatic heterocycles. The first-order valence-corrected chi connectivity index (χ1v) is 10.3. The van der Waals surface area contributed by atoms with Crippen LogP contribution in [0.2, 0.25) is 5.02 Å². The Morgan fingerprint density at radius 1 is 1.17 bits per heavy atom. The molecule has 0 radical (unpaired) electrons. The van der Waals surface area contributed by atoms with Gasteiger partial charge in [0.15, 0.2) is 11.5 Å². The van der Waals surface area contributed by atoms with Crippen molar-refractivity contribution in [1.29, 1.82) is 0 Å². The van der Waals surface area contributed by atoms with Crippen LogP contribution in [0.4, 0.5) is 0 Å². The van der Waals surface area contributed by atoms with Gasteiger partial charge in [-0.25, -0.2) is 5.43 Å². The number of nitrogens with one attached hydrogen (secondary N) is 1. The zero-order chi connectivity index (χ0) is 21.5. The maximum absolute atomic E-state index is 12.2. The third-order valence-corrected chi connectivity index (χ3v) is 5.20. The summed E-state index contributed by atoms with van der Waals surface area (Å²) in [6.07, 6.45) is 1.54. The van der Waals surface area contributed by atoms with Gasteiger partial charge in [0.2, 0.25) is 0 Å². The predicted molar refractivity (Wildman–Crippen MR) is 123 cm³/mol. The molecule has 0 unspecified atom stereocenters. The van der Waals surface area contributed by atoms with Crippen LogP contribution >= 0.6 is 27.5 Å². The van der Waals surface area contributed by atoms with Gasteiger partial charge in [-0.2, -0.15) is 5.10 Å². The summed E-state index contributed by atoms with van der Waals surface area (Å²) < 4.78 is 12.1. The fourth-order valence-corrected chi connectivity index (χ4v) is 3.50. The van der Waals surface area contributed by atoms with Crippen molar-refractivity contribution in [3.63, 3.8) is 0 Å². The first kappa shape index (κ1) is 21.9. The lowest BCUT2D eigenvalue weighted by Gasteiger charge is -2.14. The van der Waals surface area contributed by atoms with Crippen LogP contribution in [0.1, 0.15) is 27.0 Å². The lowest BCUT2D eigenvalue weighted by Crippen LogP contribution is -2.17. The van der Waals surface area contributed by atoms with Crippen molar-refractivity contribution in [3.8, 4) is 11.5 Å². The average molecular weight is 488 g/mol. The quantitative estimate of drug-likeness (QED) is 0.340. The second-order valence-electron chi connectivity index (χ2n) is 6.48. The van der Waals surface area contributed by atoms with Crippen LogP contribution in [0.15, 0.2) is 70.2 Å². The number of hydrogen-bond donors (Lipinski definition) is 1. The summed E-state index contributed by atoms with van der Waals surface area (Å²) in [4.78, 5) is 12.2. The van der Waals surface area contributed by atoms with Crippen molar-refractivity contribution in [1.82, 2.24) is 5.43 Å². The van der Waals surface area contributed by atoms with Gasteiger partial charge < -0.3 is 9.47 Å². The molecule has 1 amide bonds. The molecule has 0 atom stereocenters. The second kappa shape index (κ2) is 10.3. The molecule has 7 heteroatoms. The highest BCUT2D eigenvalue weighted by atomic mass is 79.9. The van der Waals surface area contributed by atoms with Gasteiger partial charge in [0.25, 0.3) is 5.91 Å². The van der Waals surface area contributed by atoms with Crippen LogP contribution in [0.25, 0.3) is 0 Å². The molecule has 3 aromatic rings. The molecule has 0 aliphatic rings. The number of hydrogen-bond acceptors (Lipinski definition) is 4. The van der Waals surface area contributed by atoms with Crippen molar-refractivity contribution in [3.05, 3.63) is 92.4 Å². The molecule has 154 valence electrons. The maximum atomic E-state index is 12.2. The van der Waals surface area contributed by atoms with E-state index in [2.05, 4.69) is 26.5 Å². The van der Waals surface area contributed by atoms with Gasteiger partial charge in [0.05, 0.1) is 17.8 Å². The standard InChI is InChI=1S/C23H20BrClN2O3/c1-15-6-5-8-17(10-15)23(28)27-26-13-16-11-19(24)22(21(12-16)29-2)30-14-18-7-3-4-9-20(18)25/h3-13H,14H2,1-2H3,(H,27,28)/b26-13+. The van der Waals surface area contributed by atoms with Crippen molar-refractivity contribution < 1.29 is 14.3 Å². The molecule has 3 rings (SSSR count). The Balaban J connectivity index is 1.71. The zero-order valence-electron chi connectivity index (χ0n) is 16.5. The predicted octanol–water partition coefficient (Wildman–Crippen LogP) is 5.76. The fraction of sp³-hybridized carbons (Fsp3) is 0.130. The summed E-state index contributed by atoms with van der Waals surface area (Å²) in [5.74, 6) is 0.807. The van der Waals surface area contributed by atoms with Crippen molar-refractivity contribution in [2.45, 2.75) is 13.5 Å². The number of methoxy groups -OCH3 is 1. The molecule has 0 fully saturated rings. The third-order valence-electron chi connectivity index (χ3n) is 4.24. The number of aryl methyl sites for hydroxylation is 1. The molecule has 0 spiro atoms. The highest BCUT2D eigenvalue weighted by molar-refractivity contribution is 9.10. The van der Waals surface area contributed by atoms with Crippen LogP contribution in [-0.2, 0) is 6.61 Å². The number of carbonyl (C=O) groups is 1. The van der Waals surface area contributed by atoms with E-state index in [-0.39, 0.29) is 5.91 Å². The largest absolute Gasteiger partial charge is 0.493 e. The molecule has 0 bridgehead atoms. The molecular weight excluding hydrogens is 468 g/mol. The summed E-state index contributed by atoms with van der Waals surface area (Å²) in [7, 11) is 1.56. The Hall–Kier alpha value is -2.83. The number of benzene rings is 3. The molecular formula is C23H20BrClN2O3. The Morgan fingerprint density at radius 2 is 1.97 bits per heavy atom. The molecule has 5 nitrogen and oxygen atoms in total. The van der Waals surface area contributed by atoms with Crippen LogP contribution in [0.3, 0.4) is 0 Å². The number of ether oxygens (including phenoxy) is 2. The van der Waals surface area contributed by atoms with E-state index in [1.54, 1.807) is 31.5 Å². The topological polar surface area (TPSA) is 59.9 Å². The fourth-order valence-electron chi connectivity index (χ4n) is 2.74. The van der Waals surface area contributed by atoms with Gasteiger partial charge in [-0.3, -0.25) is 4.79 Å². The minimum atomic E-state index is -0.277. The van der Waals surface area contributed by atoms with Gasteiger partial charge in [0.1, 0.15) is 6.61 Å². The minimum absolute atomic E-state index is 0.277. The van der Waals surface area contributed by atoms with Crippen LogP contribution < -0.4 is 14.9 Å². The number of halogens is 2. The van der Waals surface area contributed by atoms with E-state index < -0.39 is 0 Å². The third kappa shape index (κ3) is 5.62. The van der Waals surface area contributed by atoms with E-state index in [9.17, 15) is 4.79 Å². The molecule has 0 aliphatic carbocycles. The molecule has 0 heterocycles. The number of hydrazone groups is 1. The van der Waals surface area contributed by atoms with E-state index in [1.807, 2.05) is 49.4 Å². The summed E-state index contributed by atoms with van der Waals surface area (Å²) >= 11 is 9.70. The number of amides is 1. The van der Waals surface area contributed by atoms with Crippen molar-refractivity contribution in [2.75, 3.05) is 7.11 Å². The maximum Gasteiger partial charge on any atom is 0.271 e. The van der Waals surface area contributed by atoms with Crippen molar-refractivity contribution >= 4 is 39.7 Å². The minimum Gasteiger partial charge on any atom is -0.493 e. The number of nitrogens with zero attached hydrogens (tertiary/aromatic N) is 1. The van der Waals surface area contributed by atoms with E-state index in [4.69, 9.17) is 21.1 Å². The smallest absolute Gasteiger partial charge is 0.271 e. The van der Waals surface area contributed by atoms with E-state index in [0.717, 1.165) is 16.7 Å². The first-order chi connectivity index (χ1) is 14.5. The lowest BCUT2D eigenvalue weighted by atomic mass is 10.1. The number of rotatable bonds is 7. The molecule has 30 heavy (non-hydrogen) atoms. The molecule has 0 saturated carbocycles. The van der Waals surface area contributed by atoms with E-state index in [1.165, 1.54) is 0 Å². The van der Waals surface area contributed by atoms with Gasteiger partial charge in [-0.15, -0.1) is 0 Å². The Labute approximate surface area is 188 Å². The lowest BCUT2D eigenvalue weighted by molar-refractivity contribution is 0.0955. The van der Waals surface area contributed by atoms with Gasteiger partial charge in [0, 0.05) is 16.1 Å². The highest BCUT2D eigenvalue weighted by Crippen LogP contribution is 2.37. The average Bonchev–Trinajstić information content (AvgIpc) is 2.73. The van der Waals surface area contributed by atoms with Gasteiger partial charge in [-0.1, -0.05) is 47.5 Å². The van der Waals surface area contributed by atoms with E-state index >= 15 is 0 Å². The highest BCUT2D eigenvalue weighted by Gasteiger charge is 2.12. The monoisotopic (exact) mass is 486 g/mol. The van der Waals surface area contributed by atoms with Crippen molar-refractivity contribution in [2.24, 2.45) is 5.10 Å². The Kier molecular flexibility index (Phi) is 7.49. The van der Waals surface area contributed by atoms with Gasteiger partial charge >= 0.3 is 0 Å². The zero-order valence-corrected chi connectivity index (χ0v) is 18.8. The second-order valence-corrected chi connectivity index (χ2v) is 7.74. The van der Waals surface area contributed by atoms with E-state index in [0.29, 0.717) is 33.2 Å². The summed E-state index contributed by atoms with van der Waals surface area (Å²) in [6.45, 7) is 2.23. The summed E-state index contributed by atoms with van der Waals surface area (Å²) in [6, 6.07) is 18.4. The SMILES string of the molecule is COc1cc(/C=N/NC(=O)c2cccc(C)c2)cc(Br)c1OCc1ccccc1Cl. The van der Waals surface area contributed by atoms with Gasteiger partial charge in [-0.05, 0) is 58.7 Å². The van der Waals surface area contributed by atoms with Crippen LogP contribution in [-0.4, -0.2) is 19.2 Å². The molecule has 0 aromatic heterocycles. The Bertz CT molecular complexity index is 1090. The van der Waals surface area contributed by atoms with Crippen LogP contribution in [0, 0.1) is 6.92 Å². The normalized spacial score (nSPS) is 10.8. The molecule has 0 saturated heterocycles. The summed E-state index contributed by atoms with van der Waals surface area (Å²) in [5, 5.41) is 4.68. The number of carbonyl (C=O) groups excluding carboxylic acids is 1. The Morgan fingerprint density at radius 3 is 2.70 bits per heavy atom. The molecule has 3 aromatic carbocycles.